The molecule has 0 bridgehead atoms. The van der Waals surface area contributed by atoms with Crippen LogP contribution in [0.25, 0.3) is 0 Å². The van der Waals surface area contributed by atoms with Crippen LogP contribution in [0.5, 0.6) is 0 Å². The maximum absolute atomic E-state index is 10.4. The number of methoxy groups -OCH3 is 1. The number of carbonyl (C=O) groups is 1. The average Bonchev–Trinajstić information content (AvgIpc) is 1.87. The van der Waals surface area contributed by atoms with E-state index >= 15 is 0 Å². The minimum absolute atomic E-state index is 0.286. The number of ether oxygens (including phenoxy) is 1. The van der Waals surface area contributed by atoms with Crippen molar-refractivity contribution in [2.75, 3.05) is 19.5 Å². The maximum Gasteiger partial charge on any atom is 0.319 e. The Morgan fingerprint density at radius 1 is 1.80 bits per heavy atom. The lowest BCUT2D eigenvalue weighted by molar-refractivity contribution is -0.137. The molecule has 0 radical (unpaired) electrons. The van der Waals surface area contributed by atoms with Gasteiger partial charge in [0.1, 0.15) is 5.25 Å². The van der Waals surface area contributed by atoms with Gasteiger partial charge in [-0.05, 0) is 5.75 Å². The van der Waals surface area contributed by atoms with E-state index in [1.807, 2.05) is 6.92 Å². The Bertz CT molecular complexity index is 99.2. The standard InChI is InChI=1S/C6H12O3S/c1-3-10-5(4-9-2)6(7)8/h5H,3-4H2,1-2H3,(H,7,8). The van der Waals surface area contributed by atoms with Gasteiger partial charge < -0.3 is 9.84 Å². The van der Waals surface area contributed by atoms with E-state index in [0.717, 1.165) is 5.75 Å². The fourth-order valence-corrected chi connectivity index (χ4v) is 1.32. The van der Waals surface area contributed by atoms with E-state index in [1.54, 1.807) is 0 Å². The van der Waals surface area contributed by atoms with Crippen LogP contribution in [-0.2, 0) is 9.53 Å². The van der Waals surface area contributed by atoms with Crippen LogP contribution in [0, 0.1) is 0 Å². The van der Waals surface area contributed by atoms with E-state index in [0.29, 0.717) is 0 Å². The van der Waals surface area contributed by atoms with Crippen molar-refractivity contribution in [3.63, 3.8) is 0 Å². The molecular formula is C6H12O3S. The second kappa shape index (κ2) is 5.56. The molecule has 0 saturated carbocycles. The maximum atomic E-state index is 10.4. The first kappa shape index (κ1) is 9.78. The van der Waals surface area contributed by atoms with Crippen LogP contribution in [0.1, 0.15) is 6.92 Å². The van der Waals surface area contributed by atoms with Gasteiger partial charge in [0.05, 0.1) is 6.61 Å². The summed E-state index contributed by atoms with van der Waals surface area (Å²) in [5.74, 6) is 0.00838. The summed E-state index contributed by atoms with van der Waals surface area (Å²) in [4.78, 5) is 10.4. The van der Waals surface area contributed by atoms with E-state index < -0.39 is 11.2 Å². The van der Waals surface area contributed by atoms with Crippen molar-refractivity contribution in [1.29, 1.82) is 0 Å². The first-order valence-corrected chi connectivity index (χ1v) is 4.10. The third-order valence-electron chi connectivity index (χ3n) is 0.961. The summed E-state index contributed by atoms with van der Waals surface area (Å²) in [7, 11) is 1.51. The Hall–Kier alpha value is -0.220. The largest absolute Gasteiger partial charge is 0.480 e. The zero-order valence-electron chi connectivity index (χ0n) is 6.16. The summed E-state index contributed by atoms with van der Waals surface area (Å²) >= 11 is 1.38. The monoisotopic (exact) mass is 164 g/mol. The van der Waals surface area contributed by atoms with Crippen LogP contribution >= 0.6 is 11.8 Å². The zero-order valence-corrected chi connectivity index (χ0v) is 6.98. The minimum atomic E-state index is -0.797. The van der Waals surface area contributed by atoms with Gasteiger partial charge in [-0.15, -0.1) is 11.8 Å². The van der Waals surface area contributed by atoms with Gasteiger partial charge in [-0.3, -0.25) is 4.79 Å². The Labute approximate surface area is 64.8 Å². The highest BCUT2D eigenvalue weighted by Gasteiger charge is 2.15. The number of carboxylic acids is 1. The molecule has 60 valence electrons. The van der Waals surface area contributed by atoms with E-state index in [1.165, 1.54) is 18.9 Å². The van der Waals surface area contributed by atoms with Crippen molar-refractivity contribution < 1.29 is 14.6 Å². The lowest BCUT2D eigenvalue weighted by Crippen LogP contribution is -2.21. The molecule has 0 aromatic carbocycles. The molecule has 0 spiro atoms. The van der Waals surface area contributed by atoms with Crippen LogP contribution < -0.4 is 0 Å². The topological polar surface area (TPSA) is 46.5 Å². The predicted molar refractivity (Wildman–Crippen MR) is 41.4 cm³/mol. The molecule has 1 atom stereocenters. The van der Waals surface area contributed by atoms with Crippen molar-refractivity contribution >= 4 is 17.7 Å². The van der Waals surface area contributed by atoms with Crippen molar-refractivity contribution in [3.8, 4) is 0 Å². The van der Waals surface area contributed by atoms with Gasteiger partial charge in [-0.1, -0.05) is 6.92 Å². The van der Waals surface area contributed by atoms with Gasteiger partial charge in [-0.25, -0.2) is 0 Å². The lowest BCUT2D eigenvalue weighted by Gasteiger charge is -2.07. The van der Waals surface area contributed by atoms with E-state index in [9.17, 15) is 4.79 Å². The Morgan fingerprint density at radius 3 is 2.70 bits per heavy atom. The molecule has 1 N–H and O–H groups in total. The molecule has 0 amide bonds. The lowest BCUT2D eigenvalue weighted by atomic mass is 10.5. The van der Waals surface area contributed by atoms with Crippen LogP contribution in [0.15, 0.2) is 0 Å². The van der Waals surface area contributed by atoms with Gasteiger partial charge in [0.2, 0.25) is 0 Å². The third-order valence-corrected chi connectivity index (χ3v) is 2.03. The van der Waals surface area contributed by atoms with Gasteiger partial charge in [0.25, 0.3) is 0 Å². The number of thioether (sulfide) groups is 1. The van der Waals surface area contributed by atoms with Crippen LogP contribution in [0.2, 0.25) is 0 Å². The Balaban J connectivity index is 3.61. The first-order chi connectivity index (χ1) is 4.72. The number of aliphatic carboxylic acids is 1. The molecule has 0 rings (SSSR count). The molecule has 0 aliphatic rings. The molecule has 0 aliphatic heterocycles. The smallest absolute Gasteiger partial charge is 0.319 e. The number of rotatable bonds is 5. The molecule has 0 aliphatic carbocycles. The molecule has 0 heterocycles. The van der Waals surface area contributed by atoms with Crippen LogP contribution in [-0.4, -0.2) is 35.8 Å². The molecule has 0 aromatic rings. The van der Waals surface area contributed by atoms with Gasteiger partial charge in [0.15, 0.2) is 0 Å². The Kier molecular flexibility index (Phi) is 5.43. The number of hydrogen-bond donors (Lipinski definition) is 1. The summed E-state index contributed by atoms with van der Waals surface area (Å²) < 4.78 is 4.72. The van der Waals surface area contributed by atoms with Crippen molar-refractivity contribution in [3.05, 3.63) is 0 Å². The summed E-state index contributed by atoms with van der Waals surface area (Å²) in [6.07, 6.45) is 0. The summed E-state index contributed by atoms with van der Waals surface area (Å²) in [6, 6.07) is 0. The third kappa shape index (κ3) is 3.74. The molecule has 0 saturated heterocycles. The van der Waals surface area contributed by atoms with E-state index in [2.05, 4.69) is 0 Å². The molecular weight excluding hydrogens is 152 g/mol. The molecule has 4 heteroatoms. The van der Waals surface area contributed by atoms with Crippen LogP contribution in [0.4, 0.5) is 0 Å². The molecule has 10 heavy (non-hydrogen) atoms. The quantitative estimate of drug-likeness (QED) is 0.654. The second-order valence-electron chi connectivity index (χ2n) is 1.74. The highest BCUT2D eigenvalue weighted by atomic mass is 32.2. The van der Waals surface area contributed by atoms with Crippen molar-refractivity contribution in [2.45, 2.75) is 12.2 Å². The van der Waals surface area contributed by atoms with E-state index in [-0.39, 0.29) is 6.61 Å². The molecule has 3 nitrogen and oxygen atoms in total. The Morgan fingerprint density at radius 2 is 2.40 bits per heavy atom. The van der Waals surface area contributed by atoms with Gasteiger partial charge >= 0.3 is 5.97 Å². The van der Waals surface area contributed by atoms with Crippen molar-refractivity contribution in [1.82, 2.24) is 0 Å². The van der Waals surface area contributed by atoms with E-state index in [4.69, 9.17) is 9.84 Å². The first-order valence-electron chi connectivity index (χ1n) is 3.05. The number of hydrogen-bond acceptors (Lipinski definition) is 3. The molecule has 0 aromatic heterocycles. The highest BCUT2D eigenvalue weighted by Crippen LogP contribution is 2.10. The van der Waals surface area contributed by atoms with Gasteiger partial charge in [-0.2, -0.15) is 0 Å². The fraction of sp³-hybridized carbons (Fsp3) is 0.833. The summed E-state index contributed by atoms with van der Waals surface area (Å²) in [6.45, 7) is 2.21. The predicted octanol–water partition coefficient (Wildman–Crippen LogP) is 0.839. The summed E-state index contributed by atoms with van der Waals surface area (Å²) in [5.41, 5.74) is 0. The SMILES string of the molecule is CCSC(COC)C(=O)O. The van der Waals surface area contributed by atoms with Gasteiger partial charge in [0, 0.05) is 7.11 Å². The second-order valence-corrected chi connectivity index (χ2v) is 3.22. The minimum Gasteiger partial charge on any atom is -0.480 e. The molecule has 0 fully saturated rings. The fourth-order valence-electron chi connectivity index (χ4n) is 0.543. The van der Waals surface area contributed by atoms with Crippen LogP contribution in [0.3, 0.4) is 0 Å². The highest BCUT2D eigenvalue weighted by molar-refractivity contribution is 8.00. The normalized spacial score (nSPS) is 13.0. The van der Waals surface area contributed by atoms with Crippen molar-refractivity contribution in [2.24, 2.45) is 0 Å². The summed E-state index contributed by atoms with van der Waals surface area (Å²) in [5, 5.41) is 8.13. The average molecular weight is 164 g/mol. The zero-order chi connectivity index (χ0) is 7.98. The number of carboxylic acid groups (broad SMARTS) is 1. The molecule has 1 unspecified atom stereocenters.